The number of rotatable bonds is 6. The van der Waals surface area contributed by atoms with Gasteiger partial charge in [-0.15, -0.1) is 11.3 Å². The number of nitrogens with zero attached hydrogens (tertiary/aromatic N) is 3. The molecule has 1 atom stereocenters. The molecule has 0 aromatic carbocycles. The molecule has 2 fully saturated rings. The molecule has 9 heteroatoms. The van der Waals surface area contributed by atoms with E-state index in [9.17, 15) is 14.4 Å². The van der Waals surface area contributed by atoms with E-state index in [-0.39, 0.29) is 23.8 Å². The second-order valence-electron chi connectivity index (χ2n) is 9.32. The van der Waals surface area contributed by atoms with Crippen LogP contribution in [-0.4, -0.2) is 57.2 Å². The van der Waals surface area contributed by atoms with Gasteiger partial charge in [-0.2, -0.15) is 0 Å². The first-order valence-electron chi connectivity index (χ1n) is 11.9. The van der Waals surface area contributed by atoms with E-state index in [1.807, 2.05) is 54.5 Å². The van der Waals surface area contributed by atoms with Gasteiger partial charge in [0.25, 0.3) is 11.8 Å². The molecule has 0 unspecified atom stereocenters. The highest BCUT2D eigenvalue weighted by Crippen LogP contribution is 2.41. The molecule has 3 aromatic heterocycles. The number of thiophene rings is 1. The van der Waals surface area contributed by atoms with Crippen LogP contribution in [0.1, 0.15) is 45.2 Å². The summed E-state index contributed by atoms with van der Waals surface area (Å²) in [5.41, 5.74) is 1.83. The molecule has 3 aromatic rings. The molecule has 5 rings (SSSR count). The monoisotopic (exact) mass is 491 g/mol. The first-order valence-corrected chi connectivity index (χ1v) is 12.8. The van der Waals surface area contributed by atoms with Crippen LogP contribution in [0.4, 0.5) is 4.79 Å². The third-order valence-electron chi connectivity index (χ3n) is 7.12. The number of aromatic nitrogens is 2. The number of imide groups is 1. The molecule has 0 spiro atoms. The number of carbonyl (C=O) groups is 3. The van der Waals surface area contributed by atoms with Crippen molar-refractivity contribution in [1.29, 1.82) is 0 Å². The van der Waals surface area contributed by atoms with Crippen LogP contribution in [0.15, 0.2) is 48.0 Å². The summed E-state index contributed by atoms with van der Waals surface area (Å²) in [4.78, 5) is 52.1. The standard InChI is InChI=1S/C26H29N5O3S/c1-17-16-18(2)28-22(17)23(32)30-12-8-19(9-13-30)26(21-7-3-4-11-27-21)24(33)31(25(34)29-26)14-10-20-6-5-15-35-20/h3-7,11,15-16,19,28H,8-10,12-14H2,1-2H3,(H,29,34)/t26-/m0/s1. The summed E-state index contributed by atoms with van der Waals surface area (Å²) in [6.45, 7) is 5.20. The number of amides is 4. The van der Waals surface area contributed by atoms with Gasteiger partial charge in [0.1, 0.15) is 5.69 Å². The molecule has 2 saturated heterocycles. The third kappa shape index (κ3) is 4.14. The second-order valence-corrected chi connectivity index (χ2v) is 10.3. The molecule has 35 heavy (non-hydrogen) atoms. The van der Waals surface area contributed by atoms with Gasteiger partial charge < -0.3 is 15.2 Å². The summed E-state index contributed by atoms with van der Waals surface area (Å²) in [5.74, 6) is -0.449. The van der Waals surface area contributed by atoms with Crippen molar-refractivity contribution in [3.05, 3.63) is 75.5 Å². The Kier molecular flexibility index (Phi) is 6.19. The van der Waals surface area contributed by atoms with E-state index < -0.39 is 5.54 Å². The molecule has 2 aliphatic rings. The molecule has 0 aliphatic carbocycles. The number of urea groups is 1. The summed E-state index contributed by atoms with van der Waals surface area (Å²) in [7, 11) is 0. The molecular formula is C26H29N5O3S. The van der Waals surface area contributed by atoms with Gasteiger partial charge in [0.05, 0.1) is 5.69 Å². The van der Waals surface area contributed by atoms with Gasteiger partial charge in [0, 0.05) is 42.3 Å². The molecule has 5 heterocycles. The van der Waals surface area contributed by atoms with Crippen molar-refractivity contribution in [3.8, 4) is 0 Å². The van der Waals surface area contributed by atoms with Crippen LogP contribution in [0.2, 0.25) is 0 Å². The number of aryl methyl sites for hydroxylation is 2. The van der Waals surface area contributed by atoms with Gasteiger partial charge in [-0.3, -0.25) is 19.5 Å². The minimum atomic E-state index is -1.22. The highest BCUT2D eigenvalue weighted by atomic mass is 32.1. The fourth-order valence-electron chi connectivity index (χ4n) is 5.35. The Morgan fingerprint density at radius 3 is 2.60 bits per heavy atom. The largest absolute Gasteiger partial charge is 0.354 e. The van der Waals surface area contributed by atoms with Gasteiger partial charge in [-0.25, -0.2) is 4.79 Å². The number of aromatic amines is 1. The minimum absolute atomic E-state index is 0.0275. The zero-order valence-corrected chi connectivity index (χ0v) is 20.7. The first kappa shape index (κ1) is 23.3. The Bertz CT molecular complexity index is 1230. The van der Waals surface area contributed by atoms with E-state index in [0.29, 0.717) is 50.3 Å². The summed E-state index contributed by atoms with van der Waals surface area (Å²) < 4.78 is 0. The van der Waals surface area contributed by atoms with Crippen molar-refractivity contribution >= 4 is 29.2 Å². The van der Waals surface area contributed by atoms with E-state index in [1.54, 1.807) is 23.6 Å². The highest BCUT2D eigenvalue weighted by molar-refractivity contribution is 7.09. The van der Waals surface area contributed by atoms with Gasteiger partial charge >= 0.3 is 6.03 Å². The smallest absolute Gasteiger partial charge is 0.325 e. The van der Waals surface area contributed by atoms with Crippen LogP contribution < -0.4 is 5.32 Å². The van der Waals surface area contributed by atoms with Crippen LogP contribution in [-0.2, 0) is 16.8 Å². The lowest BCUT2D eigenvalue weighted by molar-refractivity contribution is -0.134. The maximum Gasteiger partial charge on any atom is 0.325 e. The summed E-state index contributed by atoms with van der Waals surface area (Å²) >= 11 is 1.61. The van der Waals surface area contributed by atoms with E-state index in [1.165, 1.54) is 4.90 Å². The van der Waals surface area contributed by atoms with Crippen LogP contribution in [0, 0.1) is 19.8 Å². The average molecular weight is 492 g/mol. The summed E-state index contributed by atoms with van der Waals surface area (Å²) in [6.07, 6.45) is 3.45. The minimum Gasteiger partial charge on any atom is -0.354 e. The van der Waals surface area contributed by atoms with E-state index in [4.69, 9.17) is 0 Å². The predicted molar refractivity (Wildman–Crippen MR) is 133 cm³/mol. The Labute approximate surface area is 208 Å². The molecule has 0 saturated carbocycles. The maximum atomic E-state index is 13.9. The first-order chi connectivity index (χ1) is 16.9. The Balaban J connectivity index is 1.38. The zero-order valence-electron chi connectivity index (χ0n) is 19.9. The number of hydrogen-bond acceptors (Lipinski definition) is 5. The normalized spacial score (nSPS) is 21.0. The van der Waals surface area contributed by atoms with Gasteiger partial charge in [0.15, 0.2) is 5.54 Å². The average Bonchev–Trinajstić information content (AvgIpc) is 3.57. The van der Waals surface area contributed by atoms with Crippen molar-refractivity contribution in [3.63, 3.8) is 0 Å². The number of likely N-dealkylation sites (tertiary alicyclic amines) is 1. The number of hydrogen-bond donors (Lipinski definition) is 2. The summed E-state index contributed by atoms with van der Waals surface area (Å²) in [6, 6.07) is 11.0. The van der Waals surface area contributed by atoms with Crippen molar-refractivity contribution in [1.82, 2.24) is 25.1 Å². The van der Waals surface area contributed by atoms with Crippen molar-refractivity contribution in [2.75, 3.05) is 19.6 Å². The number of pyridine rings is 1. The lowest BCUT2D eigenvalue weighted by atomic mass is 9.75. The number of carbonyl (C=O) groups excluding carboxylic acids is 3. The lowest BCUT2D eigenvalue weighted by Crippen LogP contribution is -2.54. The van der Waals surface area contributed by atoms with E-state index in [0.717, 1.165) is 16.1 Å². The van der Waals surface area contributed by atoms with Crippen LogP contribution >= 0.6 is 11.3 Å². The fourth-order valence-corrected chi connectivity index (χ4v) is 6.05. The van der Waals surface area contributed by atoms with E-state index in [2.05, 4.69) is 15.3 Å². The Morgan fingerprint density at radius 1 is 1.17 bits per heavy atom. The topological polar surface area (TPSA) is 98.4 Å². The zero-order chi connectivity index (χ0) is 24.6. The molecular weight excluding hydrogens is 462 g/mol. The molecule has 4 amide bonds. The third-order valence-corrected chi connectivity index (χ3v) is 8.06. The Hall–Kier alpha value is -3.46. The second kappa shape index (κ2) is 9.30. The van der Waals surface area contributed by atoms with E-state index >= 15 is 0 Å². The highest BCUT2D eigenvalue weighted by Gasteiger charge is 2.58. The molecule has 2 aliphatic heterocycles. The van der Waals surface area contributed by atoms with Gasteiger partial charge in [0.2, 0.25) is 0 Å². The van der Waals surface area contributed by atoms with Crippen molar-refractivity contribution < 1.29 is 14.4 Å². The molecule has 8 nitrogen and oxygen atoms in total. The number of nitrogens with one attached hydrogen (secondary N) is 2. The van der Waals surface area contributed by atoms with Gasteiger partial charge in [-0.1, -0.05) is 12.1 Å². The van der Waals surface area contributed by atoms with Crippen molar-refractivity contribution in [2.24, 2.45) is 5.92 Å². The number of H-pyrrole nitrogens is 1. The van der Waals surface area contributed by atoms with Crippen LogP contribution in [0.3, 0.4) is 0 Å². The lowest BCUT2D eigenvalue weighted by Gasteiger charge is -2.40. The molecule has 182 valence electrons. The number of piperidine rings is 1. The molecule has 0 bridgehead atoms. The quantitative estimate of drug-likeness (QED) is 0.515. The summed E-state index contributed by atoms with van der Waals surface area (Å²) in [5, 5.41) is 5.03. The van der Waals surface area contributed by atoms with Gasteiger partial charge in [-0.05, 0) is 68.3 Å². The molecule has 2 N–H and O–H groups in total. The predicted octanol–water partition coefficient (Wildman–Crippen LogP) is 3.63. The SMILES string of the molecule is Cc1cc(C)c(C(=O)N2CCC([C@@]3(c4ccccn4)NC(=O)N(CCc4cccs4)C3=O)CC2)[nH]1. The van der Waals surface area contributed by atoms with Crippen LogP contribution in [0.5, 0.6) is 0 Å². The Morgan fingerprint density at radius 2 is 1.97 bits per heavy atom. The van der Waals surface area contributed by atoms with Crippen LogP contribution in [0.25, 0.3) is 0 Å². The molecule has 0 radical (unpaired) electrons. The maximum absolute atomic E-state index is 13.9. The fraction of sp³-hybridized carbons (Fsp3) is 0.385. The van der Waals surface area contributed by atoms with Crippen molar-refractivity contribution in [2.45, 2.75) is 38.6 Å².